The molecule has 2 rings (SSSR count). The second kappa shape index (κ2) is 5.01. The Hall–Kier alpha value is -2.50. The molecule has 0 saturated heterocycles. The summed E-state index contributed by atoms with van der Waals surface area (Å²) in [6, 6.07) is 6.37. The zero-order valence-corrected chi connectivity index (χ0v) is 9.58. The molecule has 3 N–H and O–H groups in total. The first-order chi connectivity index (χ1) is 8.97. The molecule has 0 heterocycles. The number of nitrogens with two attached hydrogens (primary N) is 1. The number of anilines is 2. The highest BCUT2D eigenvalue weighted by Gasteiger charge is 2.15. The van der Waals surface area contributed by atoms with E-state index in [9.17, 15) is 18.0 Å². The van der Waals surface area contributed by atoms with E-state index in [1.165, 1.54) is 12.1 Å². The van der Waals surface area contributed by atoms with Gasteiger partial charge in [-0.15, -0.1) is 0 Å². The van der Waals surface area contributed by atoms with Crippen molar-refractivity contribution in [1.82, 2.24) is 0 Å². The Labute approximate surface area is 106 Å². The van der Waals surface area contributed by atoms with Crippen LogP contribution in [-0.2, 0) is 0 Å². The van der Waals surface area contributed by atoms with E-state index in [4.69, 9.17) is 5.73 Å². The minimum Gasteiger partial charge on any atom is -0.396 e. The second-order valence-corrected chi connectivity index (χ2v) is 3.81. The molecule has 2 aromatic rings. The minimum absolute atomic E-state index is 0.286. The van der Waals surface area contributed by atoms with E-state index < -0.39 is 23.4 Å². The largest absolute Gasteiger partial charge is 0.396 e. The van der Waals surface area contributed by atoms with Crippen LogP contribution in [-0.4, -0.2) is 5.91 Å². The van der Waals surface area contributed by atoms with E-state index in [0.717, 1.165) is 18.2 Å². The maximum absolute atomic E-state index is 13.4. The van der Waals surface area contributed by atoms with Crippen molar-refractivity contribution in [3.63, 3.8) is 0 Å². The predicted octanol–water partition coefficient (Wildman–Crippen LogP) is 2.94. The average Bonchev–Trinajstić information content (AvgIpc) is 2.36. The van der Waals surface area contributed by atoms with Crippen LogP contribution in [0.2, 0.25) is 0 Å². The standard InChI is InChI=1S/C13H9F3N2O/c14-7-1-3-8(4-2-7)18-13(19)9-5-12(17)11(16)6-10(9)15/h1-6H,17H2,(H,18,19). The van der Waals surface area contributed by atoms with Crippen molar-refractivity contribution in [2.24, 2.45) is 0 Å². The van der Waals surface area contributed by atoms with Crippen LogP contribution < -0.4 is 11.1 Å². The third-order valence-corrected chi connectivity index (χ3v) is 2.43. The predicted molar refractivity (Wildman–Crippen MR) is 65.1 cm³/mol. The quantitative estimate of drug-likeness (QED) is 0.821. The van der Waals surface area contributed by atoms with Crippen LogP contribution in [0.4, 0.5) is 24.5 Å². The first-order valence-electron chi connectivity index (χ1n) is 5.29. The van der Waals surface area contributed by atoms with Crippen LogP contribution in [0.1, 0.15) is 10.4 Å². The lowest BCUT2D eigenvalue weighted by molar-refractivity contribution is 0.102. The van der Waals surface area contributed by atoms with Gasteiger partial charge in [0.15, 0.2) is 0 Å². The molecule has 0 unspecified atom stereocenters. The molecule has 98 valence electrons. The van der Waals surface area contributed by atoms with Crippen LogP contribution in [0.3, 0.4) is 0 Å². The summed E-state index contributed by atoms with van der Waals surface area (Å²) < 4.78 is 39.1. The van der Waals surface area contributed by atoms with Crippen LogP contribution >= 0.6 is 0 Å². The van der Waals surface area contributed by atoms with E-state index >= 15 is 0 Å². The van der Waals surface area contributed by atoms with Crippen molar-refractivity contribution in [3.05, 3.63) is 59.4 Å². The summed E-state index contributed by atoms with van der Waals surface area (Å²) in [6.45, 7) is 0. The fraction of sp³-hybridized carbons (Fsp3) is 0. The molecular formula is C13H9F3N2O. The Bertz CT molecular complexity index is 627. The molecule has 0 aliphatic heterocycles. The van der Waals surface area contributed by atoms with Gasteiger partial charge in [-0.05, 0) is 30.3 Å². The molecule has 0 aliphatic rings. The molecule has 0 spiro atoms. The average molecular weight is 266 g/mol. The van der Waals surface area contributed by atoms with Gasteiger partial charge in [0.25, 0.3) is 5.91 Å². The number of carbonyl (C=O) groups excluding carboxylic acids is 1. The molecule has 0 fully saturated rings. The van der Waals surface area contributed by atoms with E-state index in [-0.39, 0.29) is 16.9 Å². The maximum atomic E-state index is 13.4. The van der Waals surface area contributed by atoms with Gasteiger partial charge in [0.1, 0.15) is 17.5 Å². The SMILES string of the molecule is Nc1cc(C(=O)Nc2ccc(F)cc2)c(F)cc1F. The summed E-state index contributed by atoms with van der Waals surface area (Å²) >= 11 is 0. The number of rotatable bonds is 2. The van der Waals surface area contributed by atoms with E-state index in [0.29, 0.717) is 6.07 Å². The summed E-state index contributed by atoms with van der Waals surface area (Å²) in [5.74, 6) is -3.21. The number of carbonyl (C=O) groups is 1. The summed E-state index contributed by atoms with van der Waals surface area (Å²) in [5, 5.41) is 2.35. The lowest BCUT2D eigenvalue weighted by Crippen LogP contribution is -2.14. The number of benzene rings is 2. The van der Waals surface area contributed by atoms with Gasteiger partial charge in [-0.25, -0.2) is 13.2 Å². The van der Waals surface area contributed by atoms with Crippen LogP contribution in [0.5, 0.6) is 0 Å². The fourth-order valence-corrected chi connectivity index (χ4v) is 1.47. The Morgan fingerprint density at radius 3 is 2.26 bits per heavy atom. The molecular weight excluding hydrogens is 257 g/mol. The number of nitrogens with one attached hydrogen (secondary N) is 1. The summed E-state index contributed by atoms with van der Waals surface area (Å²) in [4.78, 5) is 11.8. The van der Waals surface area contributed by atoms with Gasteiger partial charge in [0.2, 0.25) is 0 Å². The molecule has 1 amide bonds. The molecule has 0 radical (unpaired) electrons. The van der Waals surface area contributed by atoms with E-state index in [1.54, 1.807) is 0 Å². The Kier molecular flexibility index (Phi) is 3.41. The number of hydrogen-bond donors (Lipinski definition) is 2. The molecule has 19 heavy (non-hydrogen) atoms. The van der Waals surface area contributed by atoms with Crippen molar-refractivity contribution in [2.75, 3.05) is 11.1 Å². The van der Waals surface area contributed by atoms with Gasteiger partial charge in [-0.3, -0.25) is 4.79 Å². The zero-order valence-electron chi connectivity index (χ0n) is 9.58. The number of amides is 1. The molecule has 2 aromatic carbocycles. The Morgan fingerprint density at radius 2 is 1.63 bits per heavy atom. The first kappa shape index (κ1) is 12.9. The fourth-order valence-electron chi connectivity index (χ4n) is 1.47. The highest BCUT2D eigenvalue weighted by molar-refractivity contribution is 6.04. The number of hydrogen-bond acceptors (Lipinski definition) is 2. The third kappa shape index (κ3) is 2.85. The topological polar surface area (TPSA) is 55.1 Å². The lowest BCUT2D eigenvalue weighted by Gasteiger charge is -2.07. The van der Waals surface area contributed by atoms with Crippen LogP contribution in [0.25, 0.3) is 0 Å². The van der Waals surface area contributed by atoms with E-state index in [1.807, 2.05) is 0 Å². The normalized spacial score (nSPS) is 10.3. The van der Waals surface area contributed by atoms with Gasteiger partial charge in [0.05, 0.1) is 11.3 Å². The minimum atomic E-state index is -1.02. The monoisotopic (exact) mass is 266 g/mol. The highest BCUT2D eigenvalue weighted by atomic mass is 19.1. The Morgan fingerprint density at radius 1 is 1.00 bits per heavy atom. The number of halogens is 3. The van der Waals surface area contributed by atoms with Gasteiger partial charge in [-0.2, -0.15) is 0 Å². The van der Waals surface area contributed by atoms with Gasteiger partial charge in [-0.1, -0.05) is 0 Å². The van der Waals surface area contributed by atoms with Crippen LogP contribution in [0, 0.1) is 17.5 Å². The molecule has 3 nitrogen and oxygen atoms in total. The molecule has 6 heteroatoms. The van der Waals surface area contributed by atoms with Crippen molar-refractivity contribution < 1.29 is 18.0 Å². The smallest absolute Gasteiger partial charge is 0.258 e. The van der Waals surface area contributed by atoms with E-state index in [2.05, 4.69) is 5.32 Å². The molecule has 0 aromatic heterocycles. The van der Waals surface area contributed by atoms with Crippen molar-refractivity contribution >= 4 is 17.3 Å². The van der Waals surface area contributed by atoms with Crippen molar-refractivity contribution in [1.29, 1.82) is 0 Å². The molecule has 0 bridgehead atoms. The molecule has 0 aliphatic carbocycles. The lowest BCUT2D eigenvalue weighted by atomic mass is 10.1. The highest BCUT2D eigenvalue weighted by Crippen LogP contribution is 2.18. The second-order valence-electron chi connectivity index (χ2n) is 3.81. The zero-order chi connectivity index (χ0) is 14.0. The molecule has 0 atom stereocenters. The maximum Gasteiger partial charge on any atom is 0.258 e. The van der Waals surface area contributed by atoms with Gasteiger partial charge >= 0.3 is 0 Å². The third-order valence-electron chi connectivity index (χ3n) is 2.43. The van der Waals surface area contributed by atoms with Crippen molar-refractivity contribution in [2.45, 2.75) is 0 Å². The molecule has 0 saturated carbocycles. The van der Waals surface area contributed by atoms with Crippen LogP contribution in [0.15, 0.2) is 36.4 Å². The Balaban J connectivity index is 2.25. The summed E-state index contributed by atoms with van der Waals surface area (Å²) in [7, 11) is 0. The first-order valence-corrected chi connectivity index (χ1v) is 5.29. The summed E-state index contributed by atoms with van der Waals surface area (Å²) in [6.07, 6.45) is 0. The van der Waals surface area contributed by atoms with Gasteiger partial charge in [0, 0.05) is 11.8 Å². The van der Waals surface area contributed by atoms with Crippen molar-refractivity contribution in [3.8, 4) is 0 Å². The number of nitrogen functional groups attached to an aromatic ring is 1. The van der Waals surface area contributed by atoms with Gasteiger partial charge < -0.3 is 11.1 Å². The summed E-state index contributed by atoms with van der Waals surface area (Å²) in [5.41, 5.74) is 4.84.